The molecule has 0 saturated carbocycles. The van der Waals surface area contributed by atoms with Gasteiger partial charge in [0.05, 0.1) is 5.69 Å². The Hall–Kier alpha value is -4.43. The molecule has 0 bridgehead atoms. The van der Waals surface area contributed by atoms with Crippen LogP contribution in [0.2, 0.25) is 0 Å². The molecule has 3 aromatic heterocycles. The fraction of sp³-hybridized carbons (Fsp3) is 0.233. The minimum Gasteiger partial charge on any atom is -0.492 e. The third-order valence-electron chi connectivity index (χ3n) is 6.72. The van der Waals surface area contributed by atoms with Crippen LogP contribution in [0.1, 0.15) is 18.4 Å². The highest BCUT2D eigenvalue weighted by Gasteiger charge is 2.12. The van der Waals surface area contributed by atoms with Crippen molar-refractivity contribution in [3.63, 3.8) is 0 Å². The van der Waals surface area contributed by atoms with Crippen LogP contribution in [0.3, 0.4) is 0 Å². The highest BCUT2D eigenvalue weighted by atomic mass is 16.5. The second-order valence-electron chi connectivity index (χ2n) is 9.46. The lowest BCUT2D eigenvalue weighted by Gasteiger charge is -2.15. The molecule has 5 aromatic rings. The molecule has 192 valence electrons. The summed E-state index contributed by atoms with van der Waals surface area (Å²) in [5.74, 6) is 1.42. The lowest BCUT2D eigenvalue weighted by molar-refractivity contribution is 0.238. The maximum Gasteiger partial charge on any atom is 0.247 e. The van der Waals surface area contributed by atoms with Gasteiger partial charge >= 0.3 is 0 Å². The van der Waals surface area contributed by atoms with Gasteiger partial charge in [-0.3, -0.25) is 9.88 Å². The van der Waals surface area contributed by atoms with Gasteiger partial charge in [-0.05, 0) is 86.1 Å². The number of aromatic nitrogens is 4. The van der Waals surface area contributed by atoms with Gasteiger partial charge in [-0.2, -0.15) is 4.98 Å². The van der Waals surface area contributed by atoms with Crippen LogP contribution >= 0.6 is 0 Å². The zero-order valence-electron chi connectivity index (χ0n) is 21.3. The summed E-state index contributed by atoms with van der Waals surface area (Å²) in [7, 11) is 0. The molecule has 2 N–H and O–H groups in total. The van der Waals surface area contributed by atoms with E-state index in [1.807, 2.05) is 59.2 Å². The average molecular weight is 506 g/mol. The van der Waals surface area contributed by atoms with Crippen molar-refractivity contribution in [3.8, 4) is 17.0 Å². The summed E-state index contributed by atoms with van der Waals surface area (Å²) in [6.07, 6.45) is 6.26. The van der Waals surface area contributed by atoms with E-state index >= 15 is 0 Å². The second-order valence-corrected chi connectivity index (χ2v) is 9.46. The van der Waals surface area contributed by atoms with Crippen LogP contribution in [0.4, 0.5) is 17.3 Å². The van der Waals surface area contributed by atoms with Gasteiger partial charge in [-0.25, -0.2) is 4.52 Å². The summed E-state index contributed by atoms with van der Waals surface area (Å²) in [5.41, 5.74) is 5.88. The smallest absolute Gasteiger partial charge is 0.247 e. The Balaban J connectivity index is 1.13. The van der Waals surface area contributed by atoms with Crippen molar-refractivity contribution in [1.82, 2.24) is 24.5 Å². The minimum atomic E-state index is 0.547. The Labute approximate surface area is 222 Å². The summed E-state index contributed by atoms with van der Waals surface area (Å²) >= 11 is 0. The highest BCUT2D eigenvalue weighted by molar-refractivity contribution is 5.68. The zero-order chi connectivity index (χ0) is 25.6. The van der Waals surface area contributed by atoms with E-state index in [0.717, 1.165) is 46.1 Å². The Morgan fingerprint density at radius 1 is 0.868 bits per heavy atom. The van der Waals surface area contributed by atoms with Gasteiger partial charge in [0.2, 0.25) is 5.95 Å². The Morgan fingerprint density at radius 3 is 2.58 bits per heavy atom. The molecule has 1 fully saturated rings. The number of benzene rings is 2. The number of pyridine rings is 2. The highest BCUT2D eigenvalue weighted by Crippen LogP contribution is 2.25. The number of rotatable bonds is 10. The summed E-state index contributed by atoms with van der Waals surface area (Å²) in [6, 6.07) is 26.3. The third-order valence-corrected chi connectivity index (χ3v) is 6.72. The van der Waals surface area contributed by atoms with Crippen molar-refractivity contribution in [2.45, 2.75) is 19.4 Å². The van der Waals surface area contributed by atoms with E-state index in [2.05, 4.69) is 50.8 Å². The molecule has 0 atom stereocenters. The van der Waals surface area contributed by atoms with Gasteiger partial charge in [-0.15, -0.1) is 5.10 Å². The third kappa shape index (κ3) is 5.76. The monoisotopic (exact) mass is 505 g/mol. The van der Waals surface area contributed by atoms with Crippen LogP contribution in [0.5, 0.6) is 5.75 Å². The van der Waals surface area contributed by atoms with Gasteiger partial charge in [0.1, 0.15) is 12.4 Å². The van der Waals surface area contributed by atoms with Crippen molar-refractivity contribution in [1.29, 1.82) is 0 Å². The number of nitrogens with zero attached hydrogens (tertiary/aromatic N) is 5. The van der Waals surface area contributed by atoms with Crippen LogP contribution in [0.15, 0.2) is 91.3 Å². The second kappa shape index (κ2) is 11.3. The largest absolute Gasteiger partial charge is 0.492 e. The molecule has 0 unspecified atom stereocenters. The predicted octanol–water partition coefficient (Wildman–Crippen LogP) is 5.62. The molecule has 8 heteroatoms. The molecule has 1 saturated heterocycles. The van der Waals surface area contributed by atoms with E-state index in [4.69, 9.17) is 14.8 Å². The average Bonchev–Trinajstić information content (AvgIpc) is 3.63. The molecule has 0 amide bonds. The first-order chi connectivity index (χ1) is 18.8. The molecule has 4 heterocycles. The molecule has 1 aliphatic rings. The van der Waals surface area contributed by atoms with E-state index in [9.17, 15) is 0 Å². The summed E-state index contributed by atoms with van der Waals surface area (Å²) < 4.78 is 7.80. The molecule has 38 heavy (non-hydrogen) atoms. The summed E-state index contributed by atoms with van der Waals surface area (Å²) in [4.78, 5) is 11.3. The first kappa shape index (κ1) is 23.9. The van der Waals surface area contributed by atoms with Crippen LogP contribution < -0.4 is 15.4 Å². The van der Waals surface area contributed by atoms with E-state index in [-0.39, 0.29) is 0 Å². The van der Waals surface area contributed by atoms with Crippen LogP contribution in [-0.2, 0) is 6.54 Å². The lowest BCUT2D eigenvalue weighted by Crippen LogP contribution is -2.25. The van der Waals surface area contributed by atoms with Gasteiger partial charge < -0.3 is 15.4 Å². The fourth-order valence-corrected chi connectivity index (χ4v) is 4.73. The lowest BCUT2D eigenvalue weighted by atomic mass is 10.1. The molecule has 2 aromatic carbocycles. The SMILES string of the molecule is c1cncc(CNc2cccc(-c3cccc4nc(Nc5ccc(OCCN6CCCC6)cc5)nn34)c2)c1. The number of hydrogen-bond donors (Lipinski definition) is 2. The number of anilines is 3. The molecule has 0 radical (unpaired) electrons. The number of nitrogens with one attached hydrogen (secondary N) is 2. The molecular formula is C30H31N7O. The van der Waals surface area contributed by atoms with Crippen molar-refractivity contribution < 1.29 is 4.74 Å². The first-order valence-electron chi connectivity index (χ1n) is 13.1. The van der Waals surface area contributed by atoms with Gasteiger partial charge in [0.15, 0.2) is 5.65 Å². The molecular weight excluding hydrogens is 474 g/mol. The van der Waals surface area contributed by atoms with Crippen molar-refractivity contribution in [3.05, 3.63) is 96.8 Å². The van der Waals surface area contributed by atoms with Crippen LogP contribution in [0, 0.1) is 0 Å². The minimum absolute atomic E-state index is 0.547. The summed E-state index contributed by atoms with van der Waals surface area (Å²) in [6.45, 7) is 4.78. The summed E-state index contributed by atoms with van der Waals surface area (Å²) in [5, 5.41) is 11.6. The molecule has 8 nitrogen and oxygen atoms in total. The number of ether oxygens (including phenoxy) is 1. The van der Waals surface area contributed by atoms with Crippen LogP contribution in [0.25, 0.3) is 16.9 Å². The number of likely N-dealkylation sites (tertiary alicyclic amines) is 1. The molecule has 1 aliphatic heterocycles. The van der Waals surface area contributed by atoms with Gasteiger partial charge in [0, 0.05) is 42.4 Å². The fourth-order valence-electron chi connectivity index (χ4n) is 4.73. The quantitative estimate of drug-likeness (QED) is 0.255. The number of fused-ring (bicyclic) bond motifs is 1. The molecule has 0 spiro atoms. The maximum absolute atomic E-state index is 5.92. The maximum atomic E-state index is 5.92. The van der Waals surface area contributed by atoms with E-state index in [0.29, 0.717) is 19.1 Å². The van der Waals surface area contributed by atoms with Crippen molar-refractivity contribution in [2.24, 2.45) is 0 Å². The molecule has 6 rings (SSSR count). The van der Waals surface area contributed by atoms with E-state index in [1.54, 1.807) is 6.20 Å². The Morgan fingerprint density at radius 2 is 1.74 bits per heavy atom. The molecule has 0 aliphatic carbocycles. The zero-order valence-corrected chi connectivity index (χ0v) is 21.3. The van der Waals surface area contributed by atoms with Crippen LogP contribution in [-0.4, -0.2) is 50.7 Å². The topological polar surface area (TPSA) is 79.6 Å². The van der Waals surface area contributed by atoms with Crippen molar-refractivity contribution in [2.75, 3.05) is 36.9 Å². The number of hydrogen-bond acceptors (Lipinski definition) is 7. The van der Waals surface area contributed by atoms with Gasteiger partial charge in [-0.1, -0.05) is 24.3 Å². The normalized spacial score (nSPS) is 13.6. The predicted molar refractivity (Wildman–Crippen MR) is 151 cm³/mol. The van der Waals surface area contributed by atoms with Crippen molar-refractivity contribution >= 4 is 23.0 Å². The first-order valence-corrected chi connectivity index (χ1v) is 13.1. The standard InChI is InChI=1S/C30H31N7O/c1-2-17-36(16-1)18-19-38-27-13-11-25(12-14-27)33-30-34-29-10-4-9-28(37(29)35-30)24-7-3-8-26(20-24)32-22-23-6-5-15-31-21-23/h3-15,20-21,32H,1-2,16-19,22H2,(H,33,35). The Kier molecular flexibility index (Phi) is 7.13. The van der Waals surface area contributed by atoms with E-state index < -0.39 is 0 Å². The Bertz CT molecular complexity index is 1480. The van der Waals surface area contributed by atoms with E-state index in [1.165, 1.54) is 25.9 Å². The van der Waals surface area contributed by atoms with Gasteiger partial charge in [0.25, 0.3) is 0 Å².